The Morgan fingerprint density at radius 1 is 1.32 bits per heavy atom. The fraction of sp³-hybridized carbons (Fsp3) is 0.412. The van der Waals surface area contributed by atoms with Gasteiger partial charge in [-0.05, 0) is 50.1 Å². The van der Waals surface area contributed by atoms with E-state index in [1.54, 1.807) is 6.26 Å². The Hall–Kier alpha value is -2.30. The van der Waals surface area contributed by atoms with Crippen LogP contribution in [0.2, 0.25) is 0 Å². The van der Waals surface area contributed by atoms with Gasteiger partial charge in [-0.3, -0.25) is 4.79 Å². The van der Waals surface area contributed by atoms with Crippen LogP contribution >= 0.6 is 0 Å². The molecule has 0 fully saturated rings. The van der Waals surface area contributed by atoms with Gasteiger partial charge in [0.2, 0.25) is 5.91 Å². The van der Waals surface area contributed by atoms with Gasteiger partial charge in [0.25, 0.3) is 0 Å². The molecule has 0 radical (unpaired) electrons. The van der Waals surface area contributed by atoms with E-state index in [-0.39, 0.29) is 5.91 Å². The van der Waals surface area contributed by atoms with Crippen molar-refractivity contribution in [2.45, 2.75) is 33.2 Å². The van der Waals surface area contributed by atoms with E-state index in [1.165, 1.54) is 0 Å². The molecule has 0 saturated carbocycles. The average Bonchev–Trinajstić information content (AvgIpc) is 3.06. The lowest BCUT2D eigenvalue weighted by atomic mass is 10.1. The first-order chi connectivity index (χ1) is 10.7. The van der Waals surface area contributed by atoms with Crippen LogP contribution in [0.25, 0.3) is 0 Å². The van der Waals surface area contributed by atoms with Gasteiger partial charge in [-0.15, -0.1) is 0 Å². The molecule has 0 spiro atoms. The van der Waals surface area contributed by atoms with Crippen LogP contribution in [0.5, 0.6) is 0 Å². The highest BCUT2D eigenvalue weighted by molar-refractivity contribution is 5.76. The summed E-state index contributed by atoms with van der Waals surface area (Å²) in [6.45, 7) is 6.51. The van der Waals surface area contributed by atoms with Gasteiger partial charge < -0.3 is 14.6 Å². The molecular weight excluding hydrogens is 278 g/mol. The van der Waals surface area contributed by atoms with Crippen molar-refractivity contribution in [2.75, 3.05) is 18.0 Å². The largest absolute Gasteiger partial charge is 0.467 e. The molecule has 1 N–H and O–H groups in total. The van der Waals surface area contributed by atoms with E-state index >= 15 is 0 Å². The van der Waals surface area contributed by atoms with Gasteiger partial charge in [0.1, 0.15) is 11.6 Å². The van der Waals surface area contributed by atoms with Crippen LogP contribution in [0.4, 0.5) is 5.82 Å². The molecule has 0 unspecified atom stereocenters. The number of carbonyl (C=O) groups excluding carboxylic acids is 1. The van der Waals surface area contributed by atoms with E-state index in [0.717, 1.165) is 30.2 Å². The number of hydrogen-bond donors (Lipinski definition) is 1. The molecule has 0 aliphatic rings. The fourth-order valence-corrected chi connectivity index (χ4v) is 2.28. The molecule has 1 amide bonds. The zero-order chi connectivity index (χ0) is 15.8. The number of nitrogens with zero attached hydrogens (tertiary/aromatic N) is 2. The molecule has 0 bridgehead atoms. The van der Waals surface area contributed by atoms with E-state index in [2.05, 4.69) is 35.1 Å². The van der Waals surface area contributed by atoms with Gasteiger partial charge in [-0.25, -0.2) is 4.98 Å². The highest BCUT2D eigenvalue weighted by atomic mass is 16.3. The van der Waals surface area contributed by atoms with E-state index in [0.29, 0.717) is 19.4 Å². The number of furan rings is 1. The number of aryl methyl sites for hydroxylation is 1. The van der Waals surface area contributed by atoms with Crippen LogP contribution in [-0.2, 0) is 17.8 Å². The summed E-state index contributed by atoms with van der Waals surface area (Å²) in [7, 11) is 0. The standard InChI is InChI=1S/C17H23N3O2/c1-3-20(4-2)16-12-14(9-10-18-16)7-8-17(21)19-13-15-6-5-11-22-15/h5-6,9-12H,3-4,7-8,13H2,1-2H3,(H,19,21). The molecule has 5 nitrogen and oxygen atoms in total. The molecule has 2 aromatic heterocycles. The second kappa shape index (κ2) is 8.22. The first kappa shape index (κ1) is 16.1. The van der Waals surface area contributed by atoms with Gasteiger partial charge in [0.05, 0.1) is 12.8 Å². The van der Waals surface area contributed by atoms with Gasteiger partial charge >= 0.3 is 0 Å². The average molecular weight is 301 g/mol. The highest BCUT2D eigenvalue weighted by Gasteiger charge is 2.07. The van der Waals surface area contributed by atoms with Crippen LogP contribution in [0.3, 0.4) is 0 Å². The summed E-state index contributed by atoms with van der Waals surface area (Å²) in [5.74, 6) is 1.76. The maximum absolute atomic E-state index is 11.9. The van der Waals surface area contributed by atoms with Gasteiger partial charge in [-0.2, -0.15) is 0 Å². The number of pyridine rings is 1. The zero-order valence-corrected chi connectivity index (χ0v) is 13.2. The molecular formula is C17H23N3O2. The lowest BCUT2D eigenvalue weighted by Gasteiger charge is -2.20. The third kappa shape index (κ3) is 4.62. The molecule has 0 aliphatic carbocycles. The Morgan fingerprint density at radius 2 is 2.14 bits per heavy atom. The third-order valence-electron chi connectivity index (χ3n) is 3.58. The molecule has 2 heterocycles. The number of aromatic nitrogens is 1. The fourth-order valence-electron chi connectivity index (χ4n) is 2.28. The Balaban J connectivity index is 1.83. The summed E-state index contributed by atoms with van der Waals surface area (Å²) < 4.78 is 5.18. The summed E-state index contributed by atoms with van der Waals surface area (Å²) in [5.41, 5.74) is 1.13. The minimum atomic E-state index is 0.0256. The van der Waals surface area contributed by atoms with Crippen LogP contribution < -0.4 is 10.2 Å². The quantitative estimate of drug-likeness (QED) is 0.814. The number of carbonyl (C=O) groups is 1. The smallest absolute Gasteiger partial charge is 0.220 e. The van der Waals surface area contributed by atoms with Crippen molar-refractivity contribution in [2.24, 2.45) is 0 Å². The molecule has 2 aromatic rings. The molecule has 2 rings (SSSR count). The number of anilines is 1. The predicted molar refractivity (Wildman–Crippen MR) is 86.7 cm³/mol. The monoisotopic (exact) mass is 301 g/mol. The summed E-state index contributed by atoms with van der Waals surface area (Å²) >= 11 is 0. The lowest BCUT2D eigenvalue weighted by molar-refractivity contribution is -0.121. The van der Waals surface area contributed by atoms with E-state index in [9.17, 15) is 4.79 Å². The molecule has 22 heavy (non-hydrogen) atoms. The van der Waals surface area contributed by atoms with Crippen LogP contribution in [0.1, 0.15) is 31.6 Å². The van der Waals surface area contributed by atoms with Crippen molar-refractivity contribution >= 4 is 11.7 Å². The van der Waals surface area contributed by atoms with Crippen molar-refractivity contribution in [1.82, 2.24) is 10.3 Å². The summed E-state index contributed by atoms with van der Waals surface area (Å²) in [6, 6.07) is 7.69. The van der Waals surface area contributed by atoms with Crippen molar-refractivity contribution in [3.8, 4) is 0 Å². The minimum absolute atomic E-state index is 0.0256. The first-order valence-electron chi connectivity index (χ1n) is 7.71. The first-order valence-corrected chi connectivity index (χ1v) is 7.71. The summed E-state index contributed by atoms with van der Waals surface area (Å²) in [5, 5.41) is 2.86. The second-order valence-electron chi connectivity index (χ2n) is 5.05. The normalized spacial score (nSPS) is 10.5. The number of hydrogen-bond acceptors (Lipinski definition) is 4. The van der Waals surface area contributed by atoms with E-state index in [4.69, 9.17) is 4.42 Å². The summed E-state index contributed by atoms with van der Waals surface area (Å²) in [6.07, 6.45) is 4.58. The Kier molecular flexibility index (Phi) is 6.01. The third-order valence-corrected chi connectivity index (χ3v) is 3.58. The molecule has 0 saturated heterocycles. The van der Waals surface area contributed by atoms with Crippen molar-refractivity contribution in [1.29, 1.82) is 0 Å². The molecule has 5 heteroatoms. The van der Waals surface area contributed by atoms with Crippen LogP contribution in [0.15, 0.2) is 41.1 Å². The van der Waals surface area contributed by atoms with E-state index < -0.39 is 0 Å². The number of rotatable bonds is 8. The minimum Gasteiger partial charge on any atom is -0.467 e. The number of amides is 1. The molecule has 0 aromatic carbocycles. The van der Waals surface area contributed by atoms with Crippen LogP contribution in [0, 0.1) is 0 Å². The van der Waals surface area contributed by atoms with Crippen molar-refractivity contribution < 1.29 is 9.21 Å². The zero-order valence-electron chi connectivity index (χ0n) is 13.2. The lowest BCUT2D eigenvalue weighted by Crippen LogP contribution is -2.23. The molecule has 0 atom stereocenters. The Bertz CT molecular complexity index is 577. The Morgan fingerprint density at radius 3 is 2.82 bits per heavy atom. The second-order valence-corrected chi connectivity index (χ2v) is 5.05. The highest BCUT2D eigenvalue weighted by Crippen LogP contribution is 2.13. The van der Waals surface area contributed by atoms with Gasteiger partial charge in [0.15, 0.2) is 0 Å². The van der Waals surface area contributed by atoms with Crippen molar-refractivity contribution in [3.63, 3.8) is 0 Å². The molecule has 118 valence electrons. The maximum Gasteiger partial charge on any atom is 0.220 e. The maximum atomic E-state index is 11.9. The van der Waals surface area contributed by atoms with E-state index in [1.807, 2.05) is 24.4 Å². The van der Waals surface area contributed by atoms with Crippen molar-refractivity contribution in [3.05, 3.63) is 48.0 Å². The number of nitrogens with one attached hydrogen (secondary N) is 1. The Labute approximate surface area is 131 Å². The van der Waals surface area contributed by atoms with Crippen LogP contribution in [-0.4, -0.2) is 24.0 Å². The predicted octanol–water partition coefficient (Wildman–Crippen LogP) is 2.77. The van der Waals surface area contributed by atoms with Gasteiger partial charge in [-0.1, -0.05) is 0 Å². The summed E-state index contributed by atoms with van der Waals surface area (Å²) in [4.78, 5) is 18.5. The SMILES string of the molecule is CCN(CC)c1cc(CCC(=O)NCc2ccco2)ccn1. The topological polar surface area (TPSA) is 58.4 Å². The molecule has 0 aliphatic heterocycles. The van der Waals surface area contributed by atoms with Gasteiger partial charge in [0, 0.05) is 25.7 Å².